The van der Waals surface area contributed by atoms with Crippen molar-refractivity contribution in [3.05, 3.63) is 56.6 Å². The van der Waals surface area contributed by atoms with Crippen LogP contribution in [0.3, 0.4) is 0 Å². The van der Waals surface area contributed by atoms with E-state index in [9.17, 15) is 0 Å². The largest absolute Gasteiger partial charge is 0.397 e. The van der Waals surface area contributed by atoms with Crippen molar-refractivity contribution in [2.45, 2.75) is 13.0 Å². The Kier molecular flexibility index (Phi) is 4.35. The second kappa shape index (κ2) is 5.80. The van der Waals surface area contributed by atoms with Gasteiger partial charge in [-0.15, -0.1) is 0 Å². The van der Waals surface area contributed by atoms with E-state index in [1.54, 1.807) is 0 Å². The molecule has 2 aromatic rings. The van der Waals surface area contributed by atoms with Gasteiger partial charge >= 0.3 is 0 Å². The van der Waals surface area contributed by atoms with Crippen molar-refractivity contribution in [3.8, 4) is 0 Å². The molecule has 0 amide bonds. The van der Waals surface area contributed by atoms with E-state index >= 15 is 0 Å². The summed E-state index contributed by atoms with van der Waals surface area (Å²) in [5.74, 6) is 0. The minimum absolute atomic E-state index is 0.158. The molecule has 4 heteroatoms. The molecule has 0 aliphatic rings. The molecular weight excluding hydrogens is 359 g/mol. The second-order valence-corrected chi connectivity index (χ2v) is 5.83. The van der Waals surface area contributed by atoms with Gasteiger partial charge in [-0.3, -0.25) is 0 Å². The molecule has 0 saturated carbocycles. The molecule has 2 nitrogen and oxygen atoms in total. The van der Waals surface area contributed by atoms with Gasteiger partial charge in [-0.25, -0.2) is 0 Å². The van der Waals surface area contributed by atoms with Gasteiger partial charge in [0.25, 0.3) is 0 Å². The summed E-state index contributed by atoms with van der Waals surface area (Å²) in [5, 5.41) is 4.14. The van der Waals surface area contributed by atoms with E-state index in [1.165, 1.54) is 0 Å². The van der Waals surface area contributed by atoms with Gasteiger partial charge in [0.15, 0.2) is 0 Å². The average Bonchev–Trinajstić information content (AvgIpc) is 2.32. The maximum absolute atomic E-state index is 5.99. The van der Waals surface area contributed by atoms with Crippen molar-refractivity contribution in [2.24, 2.45) is 0 Å². The fourth-order valence-electron chi connectivity index (χ4n) is 1.76. The van der Waals surface area contributed by atoms with Crippen LogP contribution in [0.4, 0.5) is 11.4 Å². The minimum atomic E-state index is 0.158. The van der Waals surface area contributed by atoms with Crippen molar-refractivity contribution < 1.29 is 0 Å². The Balaban J connectivity index is 2.18. The lowest BCUT2D eigenvalue weighted by Crippen LogP contribution is -2.08. The van der Waals surface area contributed by atoms with E-state index in [0.29, 0.717) is 0 Å². The first-order valence-corrected chi connectivity index (χ1v) is 7.09. The molecule has 0 aliphatic carbocycles. The standard InChI is InChI=1S/C14H14ClIN2/c1-9(10-3-2-4-11(15)7-10)18-14-6-5-12(16)8-13(14)17/h2-9,18H,17H2,1H3. The van der Waals surface area contributed by atoms with Crippen molar-refractivity contribution in [1.82, 2.24) is 0 Å². The second-order valence-electron chi connectivity index (χ2n) is 4.15. The molecule has 0 aliphatic heterocycles. The molecule has 2 aromatic carbocycles. The van der Waals surface area contributed by atoms with E-state index < -0.39 is 0 Å². The highest BCUT2D eigenvalue weighted by Gasteiger charge is 2.07. The fourth-order valence-corrected chi connectivity index (χ4v) is 2.47. The van der Waals surface area contributed by atoms with Gasteiger partial charge in [-0.05, 0) is 65.4 Å². The molecule has 1 unspecified atom stereocenters. The van der Waals surface area contributed by atoms with E-state index in [0.717, 1.165) is 25.5 Å². The highest BCUT2D eigenvalue weighted by molar-refractivity contribution is 14.1. The summed E-state index contributed by atoms with van der Waals surface area (Å²) < 4.78 is 1.13. The van der Waals surface area contributed by atoms with Crippen LogP contribution in [0.1, 0.15) is 18.5 Å². The summed E-state index contributed by atoms with van der Waals surface area (Å²) in [6, 6.07) is 14.0. The van der Waals surface area contributed by atoms with E-state index in [4.69, 9.17) is 17.3 Å². The Bertz CT molecular complexity index is 557. The van der Waals surface area contributed by atoms with Crippen molar-refractivity contribution in [1.29, 1.82) is 0 Å². The smallest absolute Gasteiger partial charge is 0.0579 e. The van der Waals surface area contributed by atoms with Gasteiger partial charge in [-0.1, -0.05) is 23.7 Å². The molecule has 0 bridgehead atoms. The summed E-state index contributed by atoms with van der Waals surface area (Å²) >= 11 is 8.24. The van der Waals surface area contributed by atoms with Gasteiger partial charge in [-0.2, -0.15) is 0 Å². The van der Waals surface area contributed by atoms with Crippen LogP contribution >= 0.6 is 34.2 Å². The van der Waals surface area contributed by atoms with Crippen LogP contribution in [0, 0.1) is 3.57 Å². The van der Waals surface area contributed by atoms with Crippen LogP contribution in [0.25, 0.3) is 0 Å². The third kappa shape index (κ3) is 3.29. The van der Waals surface area contributed by atoms with Crippen LogP contribution < -0.4 is 11.1 Å². The topological polar surface area (TPSA) is 38.0 Å². The number of hydrogen-bond acceptors (Lipinski definition) is 2. The van der Waals surface area contributed by atoms with Gasteiger partial charge < -0.3 is 11.1 Å². The van der Waals surface area contributed by atoms with Crippen LogP contribution in [0.15, 0.2) is 42.5 Å². The lowest BCUT2D eigenvalue weighted by atomic mass is 10.1. The predicted molar refractivity (Wildman–Crippen MR) is 87.1 cm³/mol. The Morgan fingerprint density at radius 3 is 2.67 bits per heavy atom. The predicted octanol–water partition coefficient (Wildman–Crippen LogP) is 4.70. The average molecular weight is 373 g/mol. The number of anilines is 2. The Morgan fingerprint density at radius 2 is 2.00 bits per heavy atom. The Labute approximate surface area is 126 Å². The number of nitrogens with two attached hydrogens (primary N) is 1. The minimum Gasteiger partial charge on any atom is -0.397 e. The lowest BCUT2D eigenvalue weighted by molar-refractivity contribution is 0.885. The first kappa shape index (κ1) is 13.5. The summed E-state index contributed by atoms with van der Waals surface area (Å²) in [6.45, 7) is 2.09. The SMILES string of the molecule is CC(Nc1ccc(I)cc1N)c1cccc(Cl)c1. The van der Waals surface area contributed by atoms with E-state index in [1.807, 2.05) is 42.5 Å². The number of nitrogens with one attached hydrogen (secondary N) is 1. The lowest BCUT2D eigenvalue weighted by Gasteiger charge is -2.17. The summed E-state index contributed by atoms with van der Waals surface area (Å²) in [4.78, 5) is 0. The van der Waals surface area contributed by atoms with Gasteiger partial charge in [0.1, 0.15) is 0 Å². The number of nitrogen functional groups attached to an aromatic ring is 1. The van der Waals surface area contributed by atoms with Crippen molar-refractivity contribution in [3.63, 3.8) is 0 Å². The molecule has 94 valence electrons. The monoisotopic (exact) mass is 372 g/mol. The molecule has 18 heavy (non-hydrogen) atoms. The number of rotatable bonds is 3. The highest BCUT2D eigenvalue weighted by Crippen LogP contribution is 2.26. The number of hydrogen-bond donors (Lipinski definition) is 2. The Morgan fingerprint density at radius 1 is 1.22 bits per heavy atom. The highest BCUT2D eigenvalue weighted by atomic mass is 127. The van der Waals surface area contributed by atoms with Crippen molar-refractivity contribution in [2.75, 3.05) is 11.1 Å². The van der Waals surface area contributed by atoms with Crippen LogP contribution in [0.5, 0.6) is 0 Å². The molecule has 0 heterocycles. The molecule has 0 fully saturated rings. The summed E-state index contributed by atoms with van der Waals surface area (Å²) in [7, 11) is 0. The molecule has 0 radical (unpaired) electrons. The molecule has 0 saturated heterocycles. The van der Waals surface area contributed by atoms with Gasteiger partial charge in [0, 0.05) is 14.6 Å². The van der Waals surface area contributed by atoms with Crippen LogP contribution in [0.2, 0.25) is 5.02 Å². The van der Waals surface area contributed by atoms with Crippen molar-refractivity contribution >= 4 is 45.6 Å². The molecule has 1 atom stereocenters. The zero-order valence-electron chi connectivity index (χ0n) is 9.95. The number of halogens is 2. The zero-order chi connectivity index (χ0) is 13.1. The third-order valence-electron chi connectivity index (χ3n) is 2.73. The first-order valence-electron chi connectivity index (χ1n) is 5.63. The zero-order valence-corrected chi connectivity index (χ0v) is 12.9. The fraction of sp³-hybridized carbons (Fsp3) is 0.143. The molecule has 0 spiro atoms. The summed E-state index contributed by atoms with van der Waals surface area (Å²) in [5.41, 5.74) is 8.83. The Hall–Kier alpha value is -0.940. The van der Waals surface area contributed by atoms with E-state index in [2.05, 4.69) is 34.8 Å². The molecular formula is C14H14ClIN2. The molecule has 0 aromatic heterocycles. The molecule has 3 N–H and O–H groups in total. The normalized spacial score (nSPS) is 12.2. The number of benzene rings is 2. The quantitative estimate of drug-likeness (QED) is 0.605. The molecule has 2 rings (SSSR count). The van der Waals surface area contributed by atoms with Gasteiger partial charge in [0.05, 0.1) is 11.4 Å². The van der Waals surface area contributed by atoms with Crippen LogP contribution in [-0.4, -0.2) is 0 Å². The maximum Gasteiger partial charge on any atom is 0.0579 e. The van der Waals surface area contributed by atoms with Crippen LogP contribution in [-0.2, 0) is 0 Å². The van der Waals surface area contributed by atoms with Gasteiger partial charge in [0.2, 0.25) is 0 Å². The third-order valence-corrected chi connectivity index (χ3v) is 3.64. The summed E-state index contributed by atoms with van der Waals surface area (Å²) in [6.07, 6.45) is 0. The van der Waals surface area contributed by atoms with E-state index in [-0.39, 0.29) is 6.04 Å². The first-order chi connectivity index (χ1) is 8.56. The maximum atomic E-state index is 5.99.